The Morgan fingerprint density at radius 2 is 1.87 bits per heavy atom. The number of hydrogen-bond donors (Lipinski definition) is 4. The smallest absolute Gasteiger partial charge is 0.280 e. The van der Waals surface area contributed by atoms with Crippen molar-refractivity contribution in [3.8, 4) is 28.4 Å². The molecule has 11 heteroatoms. The van der Waals surface area contributed by atoms with Gasteiger partial charge in [0.15, 0.2) is 18.1 Å². The van der Waals surface area contributed by atoms with Crippen LogP contribution in [0.25, 0.3) is 32.9 Å². The Kier molecular flexibility index (Phi) is 4.70. The highest BCUT2D eigenvalue weighted by molar-refractivity contribution is 6.04. The average Bonchev–Trinajstić information content (AvgIpc) is 2.89. The Morgan fingerprint density at radius 3 is 2.63 bits per heavy atom. The predicted octanol–water partition coefficient (Wildman–Crippen LogP) is 2.69. The van der Waals surface area contributed by atoms with Crippen LogP contribution in [0.3, 0.4) is 0 Å². The Labute approximate surface area is 214 Å². The molecule has 11 nitrogen and oxygen atoms in total. The maximum absolute atomic E-state index is 13.8. The number of pyridine rings is 1. The SMILES string of the molecule is CO[C@@H]1CC[C@H](O)c2c1oc1c(O)c3c4c(c1c2=O)OCO[C@@H]4Cc1cc2cc(C)n(N)c(=O)c2c(O)c1-3. The standard InChI is InChI=1S/C27H24N2O9/c1-9-5-10-6-11-7-14-18-19(15(11)21(31)16(10)27(34)29(9)28)23(33)26-20(25(18)37-8-36-14)22(32)17-12(30)3-4-13(35-2)24(17)38-26/h5-6,12-14,30-31,33H,3-4,7-8,28H2,1-2H3/t12-,13+,14+/m0/s1. The van der Waals surface area contributed by atoms with Gasteiger partial charge in [0.25, 0.3) is 5.56 Å². The summed E-state index contributed by atoms with van der Waals surface area (Å²) in [6.45, 7) is 1.54. The van der Waals surface area contributed by atoms with E-state index in [-0.39, 0.29) is 57.1 Å². The molecular formula is C27H24N2O9. The lowest BCUT2D eigenvalue weighted by atomic mass is 9.79. The van der Waals surface area contributed by atoms with E-state index >= 15 is 0 Å². The molecule has 38 heavy (non-hydrogen) atoms. The molecule has 3 atom stereocenters. The summed E-state index contributed by atoms with van der Waals surface area (Å²) in [6, 6.07) is 3.47. The van der Waals surface area contributed by atoms with Crippen LogP contribution in [0, 0.1) is 6.92 Å². The van der Waals surface area contributed by atoms with Crippen molar-refractivity contribution in [2.45, 2.75) is 44.5 Å². The molecule has 0 unspecified atom stereocenters. The van der Waals surface area contributed by atoms with Gasteiger partial charge >= 0.3 is 0 Å². The van der Waals surface area contributed by atoms with Gasteiger partial charge in [0.1, 0.15) is 28.7 Å². The third-order valence-electron chi connectivity index (χ3n) is 8.02. The number of aliphatic hydroxyl groups is 1. The second-order valence-electron chi connectivity index (χ2n) is 10.0. The van der Waals surface area contributed by atoms with Gasteiger partial charge < -0.3 is 39.8 Å². The normalized spacial score (nSPS) is 21.6. The second-order valence-corrected chi connectivity index (χ2v) is 10.0. The number of aromatic nitrogens is 1. The molecule has 2 aromatic heterocycles. The lowest BCUT2D eigenvalue weighted by molar-refractivity contribution is -0.0586. The number of aromatic hydroxyl groups is 2. The number of phenols is 2. The maximum Gasteiger partial charge on any atom is 0.280 e. The number of hydrogen-bond acceptors (Lipinski definition) is 10. The molecule has 0 saturated carbocycles. The third-order valence-corrected chi connectivity index (χ3v) is 8.02. The third kappa shape index (κ3) is 2.78. The van der Waals surface area contributed by atoms with Crippen molar-refractivity contribution in [1.82, 2.24) is 4.68 Å². The molecule has 5 N–H and O–H groups in total. The van der Waals surface area contributed by atoms with E-state index in [0.717, 1.165) is 4.68 Å². The fourth-order valence-corrected chi connectivity index (χ4v) is 6.22. The molecule has 1 aliphatic heterocycles. The highest BCUT2D eigenvalue weighted by Crippen LogP contribution is 2.57. The number of phenolic OH excluding ortho intramolecular Hbond substituents is 2. The molecule has 0 radical (unpaired) electrons. The van der Waals surface area contributed by atoms with Crippen molar-refractivity contribution >= 4 is 21.7 Å². The van der Waals surface area contributed by atoms with Gasteiger partial charge in [-0.2, -0.15) is 0 Å². The number of nitrogens with zero attached hydrogens (tertiary/aromatic N) is 1. The highest BCUT2D eigenvalue weighted by Gasteiger charge is 2.41. The van der Waals surface area contributed by atoms with Crippen LogP contribution in [0.4, 0.5) is 0 Å². The number of rotatable bonds is 1. The minimum absolute atomic E-state index is 0.00402. The molecular weight excluding hydrogens is 496 g/mol. The van der Waals surface area contributed by atoms with Gasteiger partial charge in [-0.05, 0) is 42.8 Å². The second kappa shape index (κ2) is 7.73. The fourth-order valence-electron chi connectivity index (χ4n) is 6.22. The molecule has 2 aliphatic carbocycles. The molecule has 0 amide bonds. The molecule has 0 fully saturated rings. The first kappa shape index (κ1) is 23.1. The number of benzene rings is 2. The highest BCUT2D eigenvalue weighted by atomic mass is 16.7. The van der Waals surface area contributed by atoms with Gasteiger partial charge in [0.05, 0.1) is 23.2 Å². The summed E-state index contributed by atoms with van der Waals surface area (Å²) in [5.74, 6) is 5.43. The number of nitrogen functional groups attached to an aromatic ring is 1. The molecule has 3 heterocycles. The first-order valence-corrected chi connectivity index (χ1v) is 12.2. The summed E-state index contributed by atoms with van der Waals surface area (Å²) in [5, 5.41) is 34.3. The van der Waals surface area contributed by atoms with Crippen molar-refractivity contribution in [1.29, 1.82) is 0 Å². The zero-order chi connectivity index (χ0) is 26.6. The Bertz CT molecular complexity index is 1840. The van der Waals surface area contributed by atoms with Crippen LogP contribution in [-0.4, -0.2) is 33.9 Å². The molecule has 2 aromatic carbocycles. The Balaban J connectivity index is 1.65. The molecule has 0 saturated heterocycles. The molecule has 7 rings (SSSR count). The summed E-state index contributed by atoms with van der Waals surface area (Å²) in [5.41, 5.74) is 0.656. The van der Waals surface area contributed by atoms with Gasteiger partial charge in [0, 0.05) is 35.9 Å². The van der Waals surface area contributed by atoms with E-state index in [1.54, 1.807) is 19.1 Å². The fraction of sp³-hybridized carbons (Fsp3) is 0.333. The van der Waals surface area contributed by atoms with Crippen molar-refractivity contribution in [3.63, 3.8) is 0 Å². The van der Waals surface area contributed by atoms with E-state index in [1.165, 1.54) is 7.11 Å². The number of aliphatic hydroxyl groups excluding tert-OH is 1. The predicted molar refractivity (Wildman–Crippen MR) is 135 cm³/mol. The molecule has 0 spiro atoms. The van der Waals surface area contributed by atoms with Crippen molar-refractivity contribution in [3.05, 3.63) is 60.9 Å². The van der Waals surface area contributed by atoms with E-state index in [9.17, 15) is 24.9 Å². The van der Waals surface area contributed by atoms with E-state index in [0.29, 0.717) is 41.5 Å². The van der Waals surface area contributed by atoms with E-state index in [4.69, 9.17) is 24.5 Å². The van der Waals surface area contributed by atoms with Gasteiger partial charge in [-0.3, -0.25) is 9.59 Å². The number of aryl methyl sites for hydroxylation is 1. The van der Waals surface area contributed by atoms with Crippen LogP contribution in [0.5, 0.6) is 17.2 Å². The summed E-state index contributed by atoms with van der Waals surface area (Å²) < 4.78 is 24.3. The molecule has 196 valence electrons. The minimum Gasteiger partial charge on any atom is -0.506 e. The van der Waals surface area contributed by atoms with Crippen molar-refractivity contribution in [2.24, 2.45) is 0 Å². The van der Waals surface area contributed by atoms with Gasteiger partial charge in [-0.15, -0.1) is 0 Å². The lowest BCUT2D eigenvalue weighted by Crippen LogP contribution is -2.30. The van der Waals surface area contributed by atoms with E-state index in [2.05, 4.69) is 0 Å². The number of methoxy groups -OCH3 is 1. The number of nitrogens with two attached hydrogens (primary N) is 1. The van der Waals surface area contributed by atoms with Crippen LogP contribution in [0.1, 0.15) is 59.3 Å². The van der Waals surface area contributed by atoms with E-state index in [1.807, 2.05) is 0 Å². The lowest BCUT2D eigenvalue weighted by Gasteiger charge is -2.35. The van der Waals surface area contributed by atoms with Crippen LogP contribution in [0.15, 0.2) is 26.1 Å². The van der Waals surface area contributed by atoms with Crippen LogP contribution in [0.2, 0.25) is 0 Å². The Hall–Kier alpha value is -4.06. The summed E-state index contributed by atoms with van der Waals surface area (Å²) in [7, 11) is 1.48. The van der Waals surface area contributed by atoms with E-state index < -0.39 is 35.0 Å². The molecule has 3 aliphatic rings. The van der Waals surface area contributed by atoms with Gasteiger partial charge in [-0.1, -0.05) is 0 Å². The van der Waals surface area contributed by atoms with Gasteiger partial charge in [-0.25, -0.2) is 4.68 Å². The van der Waals surface area contributed by atoms with Crippen LogP contribution >= 0.6 is 0 Å². The molecule has 4 aromatic rings. The van der Waals surface area contributed by atoms with Crippen LogP contribution in [-0.2, 0) is 15.9 Å². The Morgan fingerprint density at radius 1 is 1.08 bits per heavy atom. The monoisotopic (exact) mass is 520 g/mol. The quantitative estimate of drug-likeness (QED) is 0.274. The van der Waals surface area contributed by atoms with Crippen molar-refractivity contribution in [2.75, 3.05) is 19.7 Å². The van der Waals surface area contributed by atoms with Crippen molar-refractivity contribution < 1.29 is 33.9 Å². The first-order valence-electron chi connectivity index (χ1n) is 12.2. The summed E-state index contributed by atoms with van der Waals surface area (Å²) >= 11 is 0. The van der Waals surface area contributed by atoms with Crippen LogP contribution < -0.4 is 21.6 Å². The zero-order valence-electron chi connectivity index (χ0n) is 20.5. The summed E-state index contributed by atoms with van der Waals surface area (Å²) in [4.78, 5) is 26.8. The largest absolute Gasteiger partial charge is 0.506 e. The topological polar surface area (TPSA) is 167 Å². The average molecular weight is 520 g/mol. The number of fused-ring (bicyclic) bond motifs is 6. The minimum atomic E-state index is -1.06. The maximum atomic E-state index is 13.8. The molecule has 0 bridgehead atoms. The van der Waals surface area contributed by atoms with Gasteiger partial charge in [0.2, 0.25) is 5.43 Å². The summed E-state index contributed by atoms with van der Waals surface area (Å²) in [6.07, 6.45) is -1.22. The number of ether oxygens (including phenoxy) is 3. The first-order chi connectivity index (χ1) is 18.2. The zero-order valence-corrected chi connectivity index (χ0v) is 20.5.